The van der Waals surface area contributed by atoms with Gasteiger partial charge in [0, 0.05) is 24.2 Å². The Kier molecular flexibility index (Phi) is 5.59. The predicted octanol–water partition coefficient (Wildman–Crippen LogP) is 6.00. The van der Waals surface area contributed by atoms with Crippen LogP contribution in [0.4, 0.5) is 0 Å². The molecule has 4 nitrogen and oxygen atoms in total. The van der Waals surface area contributed by atoms with E-state index >= 15 is 0 Å². The van der Waals surface area contributed by atoms with Crippen LogP contribution in [0, 0.1) is 6.92 Å². The second-order valence-electron chi connectivity index (χ2n) is 8.48. The van der Waals surface area contributed by atoms with E-state index in [4.69, 9.17) is 5.10 Å². The molecule has 5 rings (SSSR count). The maximum atomic E-state index is 13.0. The summed E-state index contributed by atoms with van der Waals surface area (Å²) >= 11 is 0. The first kappa shape index (κ1) is 20.3. The van der Waals surface area contributed by atoms with E-state index in [1.807, 2.05) is 60.4 Å². The minimum absolute atomic E-state index is 0.126. The molecular formula is C28H27N3O. The molecule has 0 atom stereocenters. The summed E-state index contributed by atoms with van der Waals surface area (Å²) in [5.74, 6) is 0.126. The van der Waals surface area contributed by atoms with Gasteiger partial charge in [-0.25, -0.2) is 0 Å². The van der Waals surface area contributed by atoms with Crippen molar-refractivity contribution in [2.75, 3.05) is 13.1 Å². The lowest BCUT2D eigenvalue weighted by atomic mass is 10.0. The van der Waals surface area contributed by atoms with Gasteiger partial charge in [-0.2, -0.15) is 5.10 Å². The summed E-state index contributed by atoms with van der Waals surface area (Å²) in [6.07, 6.45) is 1.79. The molecule has 1 fully saturated rings. The zero-order chi connectivity index (χ0) is 21.9. The number of aryl methyl sites for hydroxylation is 1. The minimum Gasteiger partial charge on any atom is -0.338 e. The minimum atomic E-state index is 0.126. The molecule has 1 aliphatic heterocycles. The molecule has 0 saturated carbocycles. The fourth-order valence-corrected chi connectivity index (χ4v) is 4.52. The summed E-state index contributed by atoms with van der Waals surface area (Å²) in [6, 6.07) is 31.1. The molecule has 1 aliphatic rings. The first-order valence-electron chi connectivity index (χ1n) is 11.3. The molecule has 0 unspecified atom stereocenters. The van der Waals surface area contributed by atoms with E-state index in [1.54, 1.807) is 0 Å². The van der Waals surface area contributed by atoms with Crippen LogP contribution >= 0.6 is 0 Å². The van der Waals surface area contributed by atoms with E-state index in [9.17, 15) is 4.79 Å². The number of rotatable bonds is 4. The van der Waals surface area contributed by atoms with Crippen LogP contribution in [0.2, 0.25) is 0 Å². The molecule has 3 aromatic carbocycles. The molecule has 4 aromatic rings. The molecule has 0 aliphatic carbocycles. The van der Waals surface area contributed by atoms with Gasteiger partial charge < -0.3 is 4.90 Å². The highest BCUT2D eigenvalue weighted by molar-refractivity contribution is 5.94. The standard InChI is InChI=1S/C28H27N3O/c1-21-9-8-14-24(19-21)28(32)30-17-15-25(16-18-30)31-27(23-12-6-3-7-13-23)20-26(29-31)22-10-4-2-5-11-22/h2-14,19-20,25H,15-18H2,1H3. The number of benzene rings is 3. The van der Waals surface area contributed by atoms with E-state index in [0.29, 0.717) is 0 Å². The Morgan fingerprint density at radius 2 is 1.47 bits per heavy atom. The van der Waals surface area contributed by atoms with Gasteiger partial charge >= 0.3 is 0 Å². The Hall–Kier alpha value is -3.66. The average Bonchev–Trinajstić information content (AvgIpc) is 3.30. The van der Waals surface area contributed by atoms with E-state index in [1.165, 1.54) is 5.56 Å². The number of piperidine rings is 1. The van der Waals surface area contributed by atoms with Crippen molar-refractivity contribution in [2.24, 2.45) is 0 Å². The summed E-state index contributed by atoms with van der Waals surface area (Å²) < 4.78 is 2.19. The summed E-state index contributed by atoms with van der Waals surface area (Å²) in [5.41, 5.74) is 6.30. The van der Waals surface area contributed by atoms with E-state index in [0.717, 1.165) is 54.0 Å². The van der Waals surface area contributed by atoms with Crippen molar-refractivity contribution >= 4 is 5.91 Å². The van der Waals surface area contributed by atoms with Crippen LogP contribution in [0.15, 0.2) is 91.0 Å². The van der Waals surface area contributed by atoms with Gasteiger partial charge in [-0.1, -0.05) is 78.4 Å². The quantitative estimate of drug-likeness (QED) is 0.405. The molecule has 160 valence electrons. The van der Waals surface area contributed by atoms with Gasteiger partial charge in [0.15, 0.2) is 0 Å². The number of nitrogens with zero attached hydrogens (tertiary/aromatic N) is 3. The molecule has 4 heteroatoms. The Bertz CT molecular complexity index is 1210. The molecule has 0 bridgehead atoms. The first-order valence-corrected chi connectivity index (χ1v) is 11.3. The number of hydrogen-bond donors (Lipinski definition) is 0. The van der Waals surface area contributed by atoms with Crippen LogP contribution < -0.4 is 0 Å². The van der Waals surface area contributed by atoms with E-state index in [2.05, 4.69) is 47.1 Å². The molecule has 1 saturated heterocycles. The fraction of sp³-hybridized carbons (Fsp3) is 0.214. The van der Waals surface area contributed by atoms with Crippen molar-refractivity contribution in [3.05, 3.63) is 102 Å². The second-order valence-corrected chi connectivity index (χ2v) is 8.48. The Balaban J connectivity index is 1.40. The summed E-state index contributed by atoms with van der Waals surface area (Å²) in [7, 11) is 0. The van der Waals surface area contributed by atoms with E-state index < -0.39 is 0 Å². The van der Waals surface area contributed by atoms with Crippen molar-refractivity contribution in [1.82, 2.24) is 14.7 Å². The summed E-state index contributed by atoms with van der Waals surface area (Å²) in [5, 5.41) is 5.03. The average molecular weight is 422 g/mol. The molecule has 0 radical (unpaired) electrons. The lowest BCUT2D eigenvalue weighted by molar-refractivity contribution is 0.0690. The lowest BCUT2D eigenvalue weighted by Crippen LogP contribution is -2.39. The number of amides is 1. The third-order valence-corrected chi connectivity index (χ3v) is 6.24. The highest BCUT2D eigenvalue weighted by atomic mass is 16.2. The zero-order valence-corrected chi connectivity index (χ0v) is 18.3. The van der Waals surface area contributed by atoms with E-state index in [-0.39, 0.29) is 11.9 Å². The Labute approximate surface area is 189 Å². The van der Waals surface area contributed by atoms with Crippen LogP contribution in [0.3, 0.4) is 0 Å². The second kappa shape index (κ2) is 8.83. The normalized spacial score (nSPS) is 14.5. The van der Waals surface area contributed by atoms with Gasteiger partial charge in [0.2, 0.25) is 0 Å². The van der Waals surface area contributed by atoms with Crippen molar-refractivity contribution < 1.29 is 4.79 Å². The summed E-state index contributed by atoms with van der Waals surface area (Å²) in [6.45, 7) is 3.51. The van der Waals surface area contributed by atoms with Crippen molar-refractivity contribution in [3.8, 4) is 22.5 Å². The molecule has 32 heavy (non-hydrogen) atoms. The SMILES string of the molecule is Cc1cccc(C(=O)N2CCC(n3nc(-c4ccccc4)cc3-c3ccccc3)CC2)c1. The topological polar surface area (TPSA) is 38.1 Å². The molecular weight excluding hydrogens is 394 g/mol. The highest BCUT2D eigenvalue weighted by Crippen LogP contribution is 2.32. The lowest BCUT2D eigenvalue weighted by Gasteiger charge is -2.33. The van der Waals surface area contributed by atoms with Gasteiger partial charge in [0.1, 0.15) is 0 Å². The van der Waals surface area contributed by atoms with Crippen LogP contribution in [0.1, 0.15) is 34.8 Å². The molecule has 0 spiro atoms. The third-order valence-electron chi connectivity index (χ3n) is 6.24. The maximum absolute atomic E-state index is 13.0. The molecule has 2 heterocycles. The predicted molar refractivity (Wildman–Crippen MR) is 128 cm³/mol. The number of aromatic nitrogens is 2. The number of hydrogen-bond acceptors (Lipinski definition) is 2. The molecule has 1 aromatic heterocycles. The number of carbonyl (C=O) groups excluding carboxylic acids is 1. The zero-order valence-electron chi connectivity index (χ0n) is 18.3. The van der Waals surface area contributed by atoms with Crippen LogP contribution in [0.5, 0.6) is 0 Å². The Morgan fingerprint density at radius 3 is 2.12 bits per heavy atom. The van der Waals surface area contributed by atoms with Crippen LogP contribution in [-0.4, -0.2) is 33.7 Å². The third kappa shape index (κ3) is 4.09. The van der Waals surface area contributed by atoms with Crippen molar-refractivity contribution in [3.63, 3.8) is 0 Å². The van der Waals surface area contributed by atoms with Gasteiger partial charge in [0.25, 0.3) is 5.91 Å². The maximum Gasteiger partial charge on any atom is 0.253 e. The summed E-state index contributed by atoms with van der Waals surface area (Å²) in [4.78, 5) is 15.0. The monoisotopic (exact) mass is 421 g/mol. The Morgan fingerprint density at radius 1 is 0.812 bits per heavy atom. The smallest absolute Gasteiger partial charge is 0.253 e. The highest BCUT2D eigenvalue weighted by Gasteiger charge is 2.27. The first-order chi connectivity index (χ1) is 15.7. The van der Waals surface area contributed by atoms with Crippen LogP contribution in [0.25, 0.3) is 22.5 Å². The largest absolute Gasteiger partial charge is 0.338 e. The van der Waals surface area contributed by atoms with Gasteiger partial charge in [0.05, 0.1) is 17.4 Å². The van der Waals surface area contributed by atoms with Gasteiger partial charge in [-0.05, 0) is 43.5 Å². The van der Waals surface area contributed by atoms with Crippen LogP contribution in [-0.2, 0) is 0 Å². The molecule has 0 N–H and O–H groups in total. The number of likely N-dealkylation sites (tertiary alicyclic amines) is 1. The number of carbonyl (C=O) groups is 1. The van der Waals surface area contributed by atoms with Gasteiger partial charge in [-0.15, -0.1) is 0 Å². The van der Waals surface area contributed by atoms with Crippen molar-refractivity contribution in [1.29, 1.82) is 0 Å². The fourth-order valence-electron chi connectivity index (χ4n) is 4.52. The van der Waals surface area contributed by atoms with Gasteiger partial charge in [-0.3, -0.25) is 9.48 Å². The molecule has 1 amide bonds. The van der Waals surface area contributed by atoms with Crippen molar-refractivity contribution in [2.45, 2.75) is 25.8 Å².